The number of hydrogen-bond donors (Lipinski definition) is 0. The molecule has 0 aromatic carbocycles. The second-order valence-electron chi connectivity index (χ2n) is 19.2. The molecule has 0 amide bonds. The van der Waals surface area contributed by atoms with E-state index < -0.39 is 6.10 Å². The summed E-state index contributed by atoms with van der Waals surface area (Å²) < 4.78 is 16.8. The SMILES string of the molecule is CC/C=C\C/C=C\C/C=C\C/C=C\C/C=C\C/C=C\C/C=C\CCCCCC(=O)OCC(COC(=O)CCCCCCCCCCC)OC(=O)CCCCCCCCC/C=C\CCCCCCCCC. The van der Waals surface area contributed by atoms with Crippen LogP contribution in [0.2, 0.25) is 0 Å². The third-order valence-corrected chi connectivity index (χ3v) is 12.3. The molecule has 0 saturated carbocycles. The van der Waals surface area contributed by atoms with Crippen LogP contribution in [-0.2, 0) is 28.6 Å². The van der Waals surface area contributed by atoms with E-state index in [1.165, 1.54) is 122 Å². The number of ether oxygens (including phenoxy) is 3. The zero-order valence-electron chi connectivity index (χ0n) is 45.8. The molecule has 0 aromatic heterocycles. The lowest BCUT2D eigenvalue weighted by Crippen LogP contribution is -2.30. The molecule has 0 radical (unpaired) electrons. The molecule has 0 aliphatic rings. The lowest BCUT2D eigenvalue weighted by Gasteiger charge is -2.18. The van der Waals surface area contributed by atoms with Gasteiger partial charge in [-0.2, -0.15) is 0 Å². The fourth-order valence-electron chi connectivity index (χ4n) is 7.95. The Labute approximate surface area is 432 Å². The minimum Gasteiger partial charge on any atom is -0.462 e. The molecule has 0 aromatic rings. The number of rotatable bonds is 52. The quantitative estimate of drug-likeness (QED) is 0.0262. The van der Waals surface area contributed by atoms with Crippen molar-refractivity contribution in [2.45, 2.75) is 277 Å². The van der Waals surface area contributed by atoms with Crippen molar-refractivity contribution in [1.82, 2.24) is 0 Å². The monoisotopic (exact) mass is 973 g/mol. The van der Waals surface area contributed by atoms with Crippen molar-refractivity contribution in [3.63, 3.8) is 0 Å². The highest BCUT2D eigenvalue weighted by molar-refractivity contribution is 5.71. The van der Waals surface area contributed by atoms with Gasteiger partial charge < -0.3 is 14.2 Å². The van der Waals surface area contributed by atoms with Gasteiger partial charge >= 0.3 is 17.9 Å². The van der Waals surface area contributed by atoms with Crippen LogP contribution in [-0.4, -0.2) is 37.2 Å². The van der Waals surface area contributed by atoms with Gasteiger partial charge in [-0.1, -0.05) is 246 Å². The predicted octanol–water partition coefficient (Wildman–Crippen LogP) is 19.7. The summed E-state index contributed by atoms with van der Waals surface area (Å²) in [7, 11) is 0. The van der Waals surface area contributed by atoms with Crippen LogP contribution >= 0.6 is 0 Å². The molecule has 1 unspecified atom stereocenters. The molecule has 0 bridgehead atoms. The number of esters is 3. The molecule has 6 heteroatoms. The number of carbonyl (C=O) groups is 3. The lowest BCUT2D eigenvalue weighted by atomic mass is 10.1. The highest BCUT2D eigenvalue weighted by Gasteiger charge is 2.19. The van der Waals surface area contributed by atoms with Crippen LogP contribution in [0.5, 0.6) is 0 Å². The summed E-state index contributed by atoms with van der Waals surface area (Å²) in [4.78, 5) is 38.1. The average molecular weight is 974 g/mol. The van der Waals surface area contributed by atoms with E-state index in [9.17, 15) is 14.4 Å². The molecule has 1 atom stereocenters. The number of allylic oxidation sites excluding steroid dienone is 16. The van der Waals surface area contributed by atoms with Crippen molar-refractivity contribution in [1.29, 1.82) is 0 Å². The first-order valence-electron chi connectivity index (χ1n) is 29.2. The van der Waals surface area contributed by atoms with Crippen molar-refractivity contribution >= 4 is 17.9 Å². The predicted molar refractivity (Wildman–Crippen MR) is 302 cm³/mol. The largest absolute Gasteiger partial charge is 0.462 e. The molecule has 0 aliphatic carbocycles. The van der Waals surface area contributed by atoms with Gasteiger partial charge in [0.25, 0.3) is 0 Å². The molecule has 0 fully saturated rings. The summed E-state index contributed by atoms with van der Waals surface area (Å²) >= 11 is 0. The topological polar surface area (TPSA) is 78.9 Å². The van der Waals surface area contributed by atoms with Gasteiger partial charge in [-0.15, -0.1) is 0 Å². The Morgan fingerprint density at radius 3 is 0.900 bits per heavy atom. The third kappa shape index (κ3) is 55.3. The summed E-state index contributed by atoms with van der Waals surface area (Å²) in [6.07, 6.45) is 76.9. The maximum atomic E-state index is 12.8. The van der Waals surface area contributed by atoms with Crippen LogP contribution in [0.25, 0.3) is 0 Å². The maximum absolute atomic E-state index is 12.8. The van der Waals surface area contributed by atoms with E-state index in [2.05, 4.69) is 118 Å². The zero-order valence-corrected chi connectivity index (χ0v) is 45.8. The number of carbonyl (C=O) groups excluding carboxylic acids is 3. The smallest absolute Gasteiger partial charge is 0.306 e. The van der Waals surface area contributed by atoms with E-state index in [0.717, 1.165) is 109 Å². The van der Waals surface area contributed by atoms with Gasteiger partial charge in [-0.05, 0) is 103 Å². The molecule has 0 saturated heterocycles. The van der Waals surface area contributed by atoms with Gasteiger partial charge in [0.15, 0.2) is 6.10 Å². The molecule has 0 heterocycles. The Kier molecular flexibility index (Phi) is 54.9. The van der Waals surface area contributed by atoms with Gasteiger partial charge in [0.05, 0.1) is 0 Å². The van der Waals surface area contributed by atoms with Crippen LogP contribution < -0.4 is 0 Å². The van der Waals surface area contributed by atoms with Gasteiger partial charge in [-0.25, -0.2) is 0 Å². The summed E-state index contributed by atoms with van der Waals surface area (Å²) in [6, 6.07) is 0. The minimum atomic E-state index is -0.792. The van der Waals surface area contributed by atoms with Crippen LogP contribution in [0.3, 0.4) is 0 Å². The van der Waals surface area contributed by atoms with Crippen molar-refractivity contribution in [3.05, 3.63) is 97.2 Å². The minimum absolute atomic E-state index is 0.0888. The van der Waals surface area contributed by atoms with Gasteiger partial charge in [0.1, 0.15) is 13.2 Å². The second-order valence-corrected chi connectivity index (χ2v) is 19.2. The molecule has 0 N–H and O–H groups in total. The Morgan fingerprint density at radius 1 is 0.300 bits per heavy atom. The summed E-state index contributed by atoms with van der Waals surface area (Å²) in [5.74, 6) is -0.927. The zero-order chi connectivity index (χ0) is 50.7. The summed E-state index contributed by atoms with van der Waals surface area (Å²) in [5.41, 5.74) is 0. The second kappa shape index (κ2) is 57.9. The molecular weight excluding hydrogens is 865 g/mol. The van der Waals surface area contributed by atoms with Gasteiger partial charge in [0.2, 0.25) is 0 Å². The third-order valence-electron chi connectivity index (χ3n) is 12.3. The van der Waals surface area contributed by atoms with Crippen LogP contribution in [0.1, 0.15) is 271 Å². The molecule has 0 rings (SSSR count). The van der Waals surface area contributed by atoms with E-state index in [1.807, 2.05) is 0 Å². The van der Waals surface area contributed by atoms with Crippen molar-refractivity contribution < 1.29 is 28.6 Å². The normalized spacial score (nSPS) is 12.8. The lowest BCUT2D eigenvalue weighted by molar-refractivity contribution is -0.167. The Hall–Kier alpha value is -3.67. The van der Waals surface area contributed by atoms with Gasteiger partial charge in [-0.3, -0.25) is 14.4 Å². The average Bonchev–Trinajstić information content (AvgIpc) is 3.36. The van der Waals surface area contributed by atoms with E-state index in [0.29, 0.717) is 19.3 Å². The molecule has 6 nitrogen and oxygen atoms in total. The first-order chi connectivity index (χ1) is 34.5. The van der Waals surface area contributed by atoms with Crippen molar-refractivity contribution in [2.24, 2.45) is 0 Å². The number of hydrogen-bond acceptors (Lipinski definition) is 6. The molecule has 0 spiro atoms. The Bertz CT molecular complexity index is 1400. The molecule has 0 aliphatic heterocycles. The van der Waals surface area contributed by atoms with E-state index in [4.69, 9.17) is 14.2 Å². The summed E-state index contributed by atoms with van der Waals surface area (Å²) in [6.45, 7) is 6.48. The van der Waals surface area contributed by atoms with Crippen LogP contribution in [0.15, 0.2) is 97.2 Å². The fraction of sp³-hybridized carbons (Fsp3) is 0.703. The highest BCUT2D eigenvalue weighted by atomic mass is 16.6. The standard InChI is InChI=1S/C64H108O6/c1-4-7-10-13-16-19-21-23-25-27-29-30-31-32-33-34-35-37-38-40-42-45-48-51-54-57-63(66)69-60-61(59-68-62(65)56-53-50-47-44-18-15-12-9-6-3)70-64(67)58-55-52-49-46-43-41-39-36-28-26-24-22-20-17-14-11-8-5-2/h7,10,16,19,23,25-26,28-30,32-33,35,37,40,42,61H,4-6,8-9,11-15,17-18,20-22,24,27,31,34,36,38-39,41,43-60H2,1-3H3/b10-7-,19-16-,25-23-,28-26-,30-29-,33-32-,37-35-,42-40-. The first-order valence-corrected chi connectivity index (χ1v) is 29.2. The molecule has 400 valence electrons. The molecule has 70 heavy (non-hydrogen) atoms. The Morgan fingerprint density at radius 2 is 0.557 bits per heavy atom. The van der Waals surface area contributed by atoms with E-state index in [1.54, 1.807) is 0 Å². The van der Waals surface area contributed by atoms with Crippen LogP contribution in [0.4, 0.5) is 0 Å². The van der Waals surface area contributed by atoms with E-state index in [-0.39, 0.29) is 31.1 Å². The highest BCUT2D eigenvalue weighted by Crippen LogP contribution is 2.15. The number of unbranched alkanes of at least 4 members (excludes halogenated alkanes) is 25. The van der Waals surface area contributed by atoms with Crippen molar-refractivity contribution in [3.8, 4) is 0 Å². The van der Waals surface area contributed by atoms with Crippen LogP contribution in [0, 0.1) is 0 Å². The summed E-state index contributed by atoms with van der Waals surface area (Å²) in [5, 5.41) is 0. The molecular formula is C64H108O6. The Balaban J connectivity index is 4.35. The van der Waals surface area contributed by atoms with E-state index >= 15 is 0 Å². The van der Waals surface area contributed by atoms with Gasteiger partial charge in [0, 0.05) is 19.3 Å². The van der Waals surface area contributed by atoms with Crippen molar-refractivity contribution in [2.75, 3.05) is 13.2 Å². The first kappa shape index (κ1) is 66.3. The fourth-order valence-corrected chi connectivity index (χ4v) is 7.95. The maximum Gasteiger partial charge on any atom is 0.306 e.